The fraction of sp³-hybridized carbons (Fsp3) is 0.364. The first-order valence-electron chi connectivity index (χ1n) is 9.67. The van der Waals surface area contributed by atoms with E-state index in [4.69, 9.17) is 15.2 Å². The van der Waals surface area contributed by atoms with Gasteiger partial charge in [0.25, 0.3) is 11.8 Å². The molecule has 7 nitrogen and oxygen atoms in total. The maximum absolute atomic E-state index is 13.0. The molecule has 0 radical (unpaired) electrons. The molecule has 2 rings (SSSR count). The Hall–Kier alpha value is -3.06. The molecule has 2 aromatic rings. The Bertz CT molecular complexity index is 824. The van der Waals surface area contributed by atoms with E-state index >= 15 is 0 Å². The van der Waals surface area contributed by atoms with Crippen LogP contribution < -0.4 is 25.8 Å². The van der Waals surface area contributed by atoms with Crippen molar-refractivity contribution in [1.82, 2.24) is 5.32 Å². The van der Waals surface area contributed by atoms with Crippen LogP contribution in [-0.4, -0.2) is 38.6 Å². The highest BCUT2D eigenvalue weighted by molar-refractivity contribution is 6.09. The molecule has 0 spiro atoms. The molecule has 29 heavy (non-hydrogen) atoms. The molecule has 0 heterocycles. The number of carbonyl (C=O) groups is 2. The van der Waals surface area contributed by atoms with Crippen LogP contribution in [0, 0.1) is 0 Å². The predicted octanol–water partition coefficient (Wildman–Crippen LogP) is 3.20. The van der Waals surface area contributed by atoms with Gasteiger partial charge in [0.15, 0.2) is 11.5 Å². The van der Waals surface area contributed by atoms with Crippen molar-refractivity contribution in [1.29, 1.82) is 0 Å². The van der Waals surface area contributed by atoms with Crippen molar-refractivity contribution in [3.63, 3.8) is 0 Å². The lowest BCUT2D eigenvalue weighted by Gasteiger charge is -2.19. The van der Waals surface area contributed by atoms with Crippen molar-refractivity contribution < 1.29 is 19.1 Å². The number of methoxy groups -OCH3 is 2. The van der Waals surface area contributed by atoms with Crippen LogP contribution >= 0.6 is 0 Å². The summed E-state index contributed by atoms with van der Waals surface area (Å²) in [4.78, 5) is 25.6. The molecule has 156 valence electrons. The molecule has 0 saturated carbocycles. The van der Waals surface area contributed by atoms with Gasteiger partial charge in [0.05, 0.1) is 25.5 Å². The van der Waals surface area contributed by atoms with Gasteiger partial charge in [0.2, 0.25) is 0 Å². The van der Waals surface area contributed by atoms with E-state index in [2.05, 4.69) is 17.6 Å². The summed E-state index contributed by atoms with van der Waals surface area (Å²) >= 11 is 0. The van der Waals surface area contributed by atoms with Crippen LogP contribution in [0.2, 0.25) is 0 Å². The molecule has 0 bridgehead atoms. The third-order valence-electron chi connectivity index (χ3n) is 4.58. The number of amides is 2. The Labute approximate surface area is 171 Å². The molecule has 0 aliphatic heterocycles. The van der Waals surface area contributed by atoms with Crippen LogP contribution in [0.4, 0.5) is 5.69 Å². The highest BCUT2D eigenvalue weighted by Gasteiger charge is 2.21. The number of rotatable bonds is 10. The first-order valence-corrected chi connectivity index (χ1v) is 9.67. The first-order chi connectivity index (χ1) is 14.0. The van der Waals surface area contributed by atoms with E-state index in [9.17, 15) is 9.59 Å². The Morgan fingerprint density at radius 1 is 1.03 bits per heavy atom. The summed E-state index contributed by atoms with van der Waals surface area (Å²) in [5.41, 5.74) is 6.90. The maximum atomic E-state index is 13.0. The summed E-state index contributed by atoms with van der Waals surface area (Å²) in [5, 5.41) is 5.75. The second kappa shape index (κ2) is 11.1. The van der Waals surface area contributed by atoms with E-state index < -0.39 is 0 Å². The van der Waals surface area contributed by atoms with Crippen molar-refractivity contribution >= 4 is 17.5 Å². The van der Waals surface area contributed by atoms with Gasteiger partial charge in [-0.2, -0.15) is 0 Å². The normalized spacial score (nSPS) is 11.4. The number of unbranched alkanes of at least 4 members (excludes halogenated alkanes) is 1. The Morgan fingerprint density at radius 3 is 2.28 bits per heavy atom. The molecule has 1 unspecified atom stereocenters. The number of benzene rings is 2. The number of carbonyl (C=O) groups excluding carboxylic acids is 2. The molecule has 7 heteroatoms. The van der Waals surface area contributed by atoms with Gasteiger partial charge in [-0.05, 0) is 24.6 Å². The Balaban J connectivity index is 2.35. The zero-order valence-electron chi connectivity index (χ0n) is 17.2. The quantitative estimate of drug-likeness (QED) is 0.569. The van der Waals surface area contributed by atoms with Crippen molar-refractivity contribution in [3.8, 4) is 11.5 Å². The molecule has 0 aromatic heterocycles. The molecule has 2 amide bonds. The van der Waals surface area contributed by atoms with Gasteiger partial charge in [-0.25, -0.2) is 0 Å². The summed E-state index contributed by atoms with van der Waals surface area (Å²) in [6.45, 7) is 2.42. The van der Waals surface area contributed by atoms with Gasteiger partial charge in [0.1, 0.15) is 0 Å². The molecule has 0 aliphatic rings. The van der Waals surface area contributed by atoms with Crippen LogP contribution in [0.1, 0.15) is 46.9 Å². The Morgan fingerprint density at radius 2 is 1.69 bits per heavy atom. The van der Waals surface area contributed by atoms with Crippen molar-refractivity contribution in [2.24, 2.45) is 5.73 Å². The minimum Gasteiger partial charge on any atom is -0.493 e. The minimum absolute atomic E-state index is 0.145. The van der Waals surface area contributed by atoms with E-state index in [1.807, 2.05) is 6.07 Å². The topological polar surface area (TPSA) is 103 Å². The minimum atomic E-state index is -0.333. The van der Waals surface area contributed by atoms with Crippen LogP contribution in [0.3, 0.4) is 0 Å². The molecule has 1 atom stereocenters. The summed E-state index contributed by atoms with van der Waals surface area (Å²) in [7, 11) is 2.99. The molecule has 0 aliphatic carbocycles. The average molecular weight is 399 g/mol. The number of ether oxygens (including phenoxy) is 2. The monoisotopic (exact) mass is 399 g/mol. The third-order valence-corrected chi connectivity index (χ3v) is 4.58. The van der Waals surface area contributed by atoms with Gasteiger partial charge in [-0.15, -0.1) is 0 Å². The molecule has 0 saturated heterocycles. The number of anilines is 1. The second-order valence-corrected chi connectivity index (χ2v) is 6.62. The fourth-order valence-electron chi connectivity index (χ4n) is 2.92. The second-order valence-electron chi connectivity index (χ2n) is 6.62. The summed E-state index contributed by atoms with van der Waals surface area (Å²) in [6.07, 6.45) is 2.77. The maximum Gasteiger partial charge on any atom is 0.255 e. The molecule has 2 aromatic carbocycles. The molecular weight excluding hydrogens is 370 g/mol. The van der Waals surface area contributed by atoms with E-state index in [0.717, 1.165) is 19.3 Å². The first kappa shape index (κ1) is 22.2. The largest absolute Gasteiger partial charge is 0.493 e. The smallest absolute Gasteiger partial charge is 0.255 e. The van der Waals surface area contributed by atoms with Crippen molar-refractivity contribution in [2.75, 3.05) is 26.1 Å². The van der Waals surface area contributed by atoms with Crippen molar-refractivity contribution in [2.45, 2.75) is 32.2 Å². The number of hydrogen-bond donors (Lipinski definition) is 3. The zero-order chi connectivity index (χ0) is 21.2. The SMILES string of the molecule is CCCCC(CN)NC(=O)c1cc(OC)c(OC)cc1NC(=O)c1ccccc1. The standard InChI is InChI=1S/C22H29N3O4/c1-4-5-11-16(14-23)24-22(27)17-12-19(28-2)20(29-3)13-18(17)25-21(26)15-9-7-6-8-10-15/h6-10,12-13,16H,4-5,11,14,23H2,1-3H3,(H,24,27)(H,25,26). The summed E-state index contributed by atoms with van der Waals surface area (Å²) in [6, 6.07) is 11.8. The third kappa shape index (κ3) is 5.96. The lowest BCUT2D eigenvalue weighted by Crippen LogP contribution is -2.40. The van der Waals surface area contributed by atoms with E-state index in [0.29, 0.717) is 29.3 Å². The van der Waals surface area contributed by atoms with Gasteiger partial charge in [-0.1, -0.05) is 38.0 Å². The Kier molecular flexibility index (Phi) is 8.48. The van der Waals surface area contributed by atoms with Crippen LogP contribution in [0.25, 0.3) is 0 Å². The molecule has 0 fully saturated rings. The average Bonchev–Trinajstić information content (AvgIpc) is 2.76. The number of hydrogen-bond acceptors (Lipinski definition) is 5. The number of nitrogens with two attached hydrogens (primary N) is 1. The van der Waals surface area contributed by atoms with Crippen molar-refractivity contribution in [3.05, 3.63) is 53.6 Å². The van der Waals surface area contributed by atoms with Crippen LogP contribution in [-0.2, 0) is 0 Å². The predicted molar refractivity (Wildman–Crippen MR) is 114 cm³/mol. The lowest BCUT2D eigenvalue weighted by atomic mass is 10.1. The summed E-state index contributed by atoms with van der Waals surface area (Å²) < 4.78 is 10.7. The van der Waals surface area contributed by atoms with E-state index in [1.165, 1.54) is 14.2 Å². The van der Waals surface area contributed by atoms with E-state index in [-0.39, 0.29) is 23.4 Å². The van der Waals surface area contributed by atoms with E-state index in [1.54, 1.807) is 36.4 Å². The lowest BCUT2D eigenvalue weighted by molar-refractivity contribution is 0.0936. The number of nitrogens with one attached hydrogen (secondary N) is 2. The molecular formula is C22H29N3O4. The fourth-order valence-corrected chi connectivity index (χ4v) is 2.92. The molecule has 4 N–H and O–H groups in total. The zero-order valence-corrected chi connectivity index (χ0v) is 17.2. The summed E-state index contributed by atoms with van der Waals surface area (Å²) in [5.74, 6) is 0.149. The van der Waals surface area contributed by atoms with Gasteiger partial charge >= 0.3 is 0 Å². The van der Waals surface area contributed by atoms with Crippen LogP contribution in [0.15, 0.2) is 42.5 Å². The highest BCUT2D eigenvalue weighted by atomic mass is 16.5. The van der Waals surface area contributed by atoms with Gasteiger partial charge in [0, 0.05) is 24.2 Å². The highest BCUT2D eigenvalue weighted by Crippen LogP contribution is 2.33. The van der Waals surface area contributed by atoms with Gasteiger partial charge in [-0.3, -0.25) is 9.59 Å². The van der Waals surface area contributed by atoms with Crippen LogP contribution in [0.5, 0.6) is 11.5 Å². The van der Waals surface area contributed by atoms with Gasteiger partial charge < -0.3 is 25.8 Å².